The van der Waals surface area contributed by atoms with E-state index >= 15 is 0 Å². The summed E-state index contributed by atoms with van der Waals surface area (Å²) >= 11 is 0. The summed E-state index contributed by atoms with van der Waals surface area (Å²) in [5.41, 5.74) is 3.34. The summed E-state index contributed by atoms with van der Waals surface area (Å²) in [7, 11) is 1.60. The van der Waals surface area contributed by atoms with Crippen molar-refractivity contribution in [1.82, 2.24) is 5.32 Å². The number of nitrogens with one attached hydrogen (secondary N) is 1. The van der Waals surface area contributed by atoms with Crippen LogP contribution in [-0.4, -0.2) is 38.6 Å². The molecule has 25 heavy (non-hydrogen) atoms. The lowest BCUT2D eigenvalue weighted by Crippen LogP contribution is -2.35. The highest BCUT2D eigenvalue weighted by molar-refractivity contribution is 6.01. The second kappa shape index (κ2) is 8.48. The number of hydrogen-bond donors (Lipinski definition) is 1. The lowest BCUT2D eigenvalue weighted by Gasteiger charge is -2.27. The first-order valence-corrected chi connectivity index (χ1v) is 9.06. The molecule has 1 aromatic rings. The lowest BCUT2D eigenvalue weighted by atomic mass is 9.92. The molecule has 2 amide bonds. The molecule has 1 atom stereocenters. The van der Waals surface area contributed by atoms with Crippen LogP contribution < -0.4 is 10.2 Å². The zero-order valence-corrected chi connectivity index (χ0v) is 16.0. The molecule has 5 heteroatoms. The van der Waals surface area contributed by atoms with Gasteiger partial charge in [-0.1, -0.05) is 45.9 Å². The molecule has 1 aliphatic heterocycles. The van der Waals surface area contributed by atoms with Crippen molar-refractivity contribution in [2.75, 3.05) is 31.7 Å². The Hall–Kier alpha value is -1.88. The van der Waals surface area contributed by atoms with Crippen LogP contribution in [0.1, 0.15) is 57.1 Å². The fourth-order valence-electron chi connectivity index (χ4n) is 3.34. The summed E-state index contributed by atoms with van der Waals surface area (Å²) in [6.45, 7) is 9.94. The van der Waals surface area contributed by atoms with E-state index in [9.17, 15) is 9.59 Å². The van der Waals surface area contributed by atoms with E-state index in [1.165, 1.54) is 11.1 Å². The maximum Gasteiger partial charge on any atom is 0.227 e. The van der Waals surface area contributed by atoms with Gasteiger partial charge < -0.3 is 15.0 Å². The molecule has 5 nitrogen and oxygen atoms in total. The Balaban J connectivity index is 2.27. The van der Waals surface area contributed by atoms with Gasteiger partial charge in [-0.3, -0.25) is 9.59 Å². The second-order valence-electron chi connectivity index (χ2n) is 7.28. The number of para-hydroxylation sites is 1. The first kappa shape index (κ1) is 19.4. The molecule has 2 rings (SSSR count). The molecule has 1 unspecified atom stereocenters. The number of hydrogen-bond acceptors (Lipinski definition) is 3. The fourth-order valence-corrected chi connectivity index (χ4v) is 3.34. The van der Waals surface area contributed by atoms with Crippen molar-refractivity contribution in [3.8, 4) is 0 Å². The van der Waals surface area contributed by atoms with Crippen LogP contribution in [0.25, 0.3) is 0 Å². The minimum atomic E-state index is -0.301. The van der Waals surface area contributed by atoms with E-state index < -0.39 is 0 Å². The molecule has 0 saturated carbocycles. The van der Waals surface area contributed by atoms with E-state index in [4.69, 9.17) is 4.74 Å². The topological polar surface area (TPSA) is 58.6 Å². The van der Waals surface area contributed by atoms with Gasteiger partial charge in [0.25, 0.3) is 0 Å². The highest BCUT2D eigenvalue weighted by atomic mass is 16.5. The SMILES string of the molecule is COCCNC(=O)C1CC(=O)N(c2c(C(C)C)cccc2C(C)C)C1. The van der Waals surface area contributed by atoms with E-state index in [2.05, 4.69) is 51.2 Å². The largest absolute Gasteiger partial charge is 0.383 e. The average molecular weight is 346 g/mol. The molecule has 0 bridgehead atoms. The Morgan fingerprint density at radius 3 is 2.36 bits per heavy atom. The van der Waals surface area contributed by atoms with E-state index in [-0.39, 0.29) is 24.2 Å². The van der Waals surface area contributed by atoms with Crippen molar-refractivity contribution in [3.63, 3.8) is 0 Å². The van der Waals surface area contributed by atoms with Gasteiger partial charge in [-0.15, -0.1) is 0 Å². The number of carbonyl (C=O) groups is 2. The third-order valence-corrected chi connectivity index (χ3v) is 4.71. The first-order chi connectivity index (χ1) is 11.9. The Morgan fingerprint density at radius 2 is 1.84 bits per heavy atom. The number of nitrogens with zero attached hydrogens (tertiary/aromatic N) is 1. The van der Waals surface area contributed by atoms with E-state index in [0.29, 0.717) is 31.5 Å². The second-order valence-corrected chi connectivity index (χ2v) is 7.28. The predicted molar refractivity (Wildman–Crippen MR) is 100.0 cm³/mol. The summed E-state index contributed by atoms with van der Waals surface area (Å²) in [6, 6.07) is 6.24. The molecule has 0 spiro atoms. The van der Waals surface area contributed by atoms with Crippen LogP contribution in [0.3, 0.4) is 0 Å². The number of carbonyl (C=O) groups excluding carboxylic acids is 2. The van der Waals surface area contributed by atoms with Gasteiger partial charge in [-0.25, -0.2) is 0 Å². The molecule has 1 heterocycles. The molecular formula is C20H30N2O3. The molecule has 1 saturated heterocycles. The van der Waals surface area contributed by atoms with E-state index in [1.54, 1.807) is 7.11 Å². The monoisotopic (exact) mass is 346 g/mol. The van der Waals surface area contributed by atoms with E-state index in [0.717, 1.165) is 5.69 Å². The number of methoxy groups -OCH3 is 1. The van der Waals surface area contributed by atoms with Gasteiger partial charge in [0.1, 0.15) is 0 Å². The van der Waals surface area contributed by atoms with Crippen LogP contribution in [0.5, 0.6) is 0 Å². The third-order valence-electron chi connectivity index (χ3n) is 4.71. The molecule has 0 aromatic heterocycles. The molecule has 1 aliphatic rings. The predicted octanol–water partition coefficient (Wildman–Crippen LogP) is 3.05. The maximum atomic E-state index is 12.7. The average Bonchev–Trinajstić information content (AvgIpc) is 2.95. The van der Waals surface area contributed by atoms with Crippen molar-refractivity contribution in [3.05, 3.63) is 29.3 Å². The van der Waals surface area contributed by atoms with Gasteiger partial charge in [-0.05, 0) is 23.0 Å². The minimum Gasteiger partial charge on any atom is -0.383 e. The zero-order chi connectivity index (χ0) is 18.6. The van der Waals surface area contributed by atoms with Crippen LogP contribution >= 0.6 is 0 Å². The van der Waals surface area contributed by atoms with Crippen LogP contribution in [0, 0.1) is 5.92 Å². The van der Waals surface area contributed by atoms with Crippen molar-refractivity contribution >= 4 is 17.5 Å². The smallest absolute Gasteiger partial charge is 0.227 e. The maximum absolute atomic E-state index is 12.7. The zero-order valence-electron chi connectivity index (χ0n) is 16.0. The summed E-state index contributed by atoms with van der Waals surface area (Å²) in [5.74, 6) is 0.291. The van der Waals surface area contributed by atoms with Crippen LogP contribution in [0.2, 0.25) is 0 Å². The number of rotatable bonds is 7. The summed E-state index contributed by atoms with van der Waals surface area (Å²) < 4.78 is 4.96. The number of amides is 2. The van der Waals surface area contributed by atoms with Gasteiger partial charge in [0, 0.05) is 26.6 Å². The summed E-state index contributed by atoms with van der Waals surface area (Å²) in [4.78, 5) is 26.8. The Morgan fingerprint density at radius 1 is 1.24 bits per heavy atom. The first-order valence-electron chi connectivity index (χ1n) is 9.06. The molecular weight excluding hydrogens is 316 g/mol. The molecule has 1 fully saturated rings. The van der Waals surface area contributed by atoms with Crippen molar-refractivity contribution < 1.29 is 14.3 Å². The Bertz CT molecular complexity index is 599. The minimum absolute atomic E-state index is 0.0295. The fraction of sp³-hybridized carbons (Fsp3) is 0.600. The Labute approximate surface area is 150 Å². The molecule has 1 N–H and O–H groups in total. The lowest BCUT2D eigenvalue weighted by molar-refractivity contribution is -0.126. The summed E-state index contributed by atoms with van der Waals surface area (Å²) in [6.07, 6.45) is 0.267. The van der Waals surface area contributed by atoms with Gasteiger partial charge in [0.2, 0.25) is 11.8 Å². The highest BCUT2D eigenvalue weighted by Crippen LogP contribution is 2.38. The normalized spacial score (nSPS) is 17.6. The van der Waals surface area contributed by atoms with Crippen molar-refractivity contribution in [1.29, 1.82) is 0 Å². The van der Waals surface area contributed by atoms with Gasteiger partial charge >= 0.3 is 0 Å². The Kier molecular flexibility index (Phi) is 6.59. The van der Waals surface area contributed by atoms with Crippen LogP contribution in [0.15, 0.2) is 18.2 Å². The quantitative estimate of drug-likeness (QED) is 0.772. The van der Waals surface area contributed by atoms with Gasteiger partial charge in [0.05, 0.1) is 18.2 Å². The van der Waals surface area contributed by atoms with Crippen LogP contribution in [0.4, 0.5) is 5.69 Å². The standard InChI is InChI=1S/C20H30N2O3/c1-13(2)16-7-6-8-17(14(3)4)19(16)22-12-15(11-18(22)23)20(24)21-9-10-25-5/h6-8,13-15H,9-12H2,1-5H3,(H,21,24). The molecule has 0 aliphatic carbocycles. The molecule has 0 radical (unpaired) electrons. The van der Waals surface area contributed by atoms with Gasteiger partial charge in [0.15, 0.2) is 0 Å². The number of anilines is 1. The highest BCUT2D eigenvalue weighted by Gasteiger charge is 2.37. The van der Waals surface area contributed by atoms with Crippen molar-refractivity contribution in [2.24, 2.45) is 5.92 Å². The molecule has 1 aromatic carbocycles. The van der Waals surface area contributed by atoms with Gasteiger partial charge in [-0.2, -0.15) is 0 Å². The summed E-state index contributed by atoms with van der Waals surface area (Å²) in [5, 5.41) is 2.85. The number of benzene rings is 1. The third kappa shape index (κ3) is 4.40. The van der Waals surface area contributed by atoms with E-state index in [1.807, 2.05) is 4.90 Å². The number of ether oxygens (including phenoxy) is 1. The van der Waals surface area contributed by atoms with Crippen LogP contribution in [-0.2, 0) is 14.3 Å². The molecule has 138 valence electrons. The van der Waals surface area contributed by atoms with Crippen molar-refractivity contribution in [2.45, 2.75) is 46.0 Å².